The molecule has 5 heteroatoms. The van der Waals surface area contributed by atoms with Crippen LogP contribution in [0.15, 0.2) is 30.6 Å². The molecule has 0 aliphatic heterocycles. The maximum Gasteiger partial charge on any atom is 0.200 e. The number of phenols is 3. The number of aromatic nitrogens is 1. The molecule has 2 aromatic rings. The van der Waals surface area contributed by atoms with Crippen molar-refractivity contribution in [2.45, 2.75) is 20.0 Å². The van der Waals surface area contributed by atoms with Crippen LogP contribution in [0.25, 0.3) is 0 Å². The molecule has 0 amide bonds. The van der Waals surface area contributed by atoms with E-state index in [1.165, 1.54) is 6.07 Å². The minimum atomic E-state index is -0.489. The summed E-state index contributed by atoms with van der Waals surface area (Å²) < 4.78 is 0. The van der Waals surface area contributed by atoms with Crippen molar-refractivity contribution in [1.29, 1.82) is 0 Å². The normalized spacial score (nSPS) is 10.6. The van der Waals surface area contributed by atoms with E-state index < -0.39 is 5.75 Å². The van der Waals surface area contributed by atoms with E-state index in [1.807, 2.05) is 13.0 Å². The van der Waals surface area contributed by atoms with Gasteiger partial charge in [0.15, 0.2) is 11.5 Å². The summed E-state index contributed by atoms with van der Waals surface area (Å²) in [4.78, 5) is 4.05. The van der Waals surface area contributed by atoms with Crippen molar-refractivity contribution in [2.24, 2.45) is 0 Å². The SMILES string of the molecule is Cc1ccncc1CNCc1ccc(O)c(O)c1O. The second-order valence-electron chi connectivity index (χ2n) is 4.35. The van der Waals surface area contributed by atoms with Crippen LogP contribution in [0.1, 0.15) is 16.7 Å². The lowest BCUT2D eigenvalue weighted by Crippen LogP contribution is -2.13. The molecule has 1 aromatic heterocycles. The quantitative estimate of drug-likeness (QED) is 0.630. The summed E-state index contributed by atoms with van der Waals surface area (Å²) >= 11 is 0. The van der Waals surface area contributed by atoms with Gasteiger partial charge in [0.1, 0.15) is 0 Å². The van der Waals surface area contributed by atoms with E-state index >= 15 is 0 Å². The molecule has 0 spiro atoms. The number of nitrogens with zero attached hydrogens (tertiary/aromatic N) is 1. The standard InChI is InChI=1S/C14H16N2O3/c1-9-4-5-15-7-11(9)8-16-6-10-2-3-12(17)14(19)13(10)18/h2-5,7,16-19H,6,8H2,1H3. The number of benzene rings is 1. The van der Waals surface area contributed by atoms with E-state index in [-0.39, 0.29) is 11.5 Å². The fraction of sp³-hybridized carbons (Fsp3) is 0.214. The van der Waals surface area contributed by atoms with E-state index in [0.29, 0.717) is 18.7 Å². The molecule has 5 nitrogen and oxygen atoms in total. The number of hydrogen-bond acceptors (Lipinski definition) is 5. The molecule has 1 aromatic carbocycles. The zero-order valence-corrected chi connectivity index (χ0v) is 10.6. The minimum Gasteiger partial charge on any atom is -0.504 e. The van der Waals surface area contributed by atoms with Crippen LogP contribution in [0.2, 0.25) is 0 Å². The molecule has 4 N–H and O–H groups in total. The van der Waals surface area contributed by atoms with Crippen molar-refractivity contribution in [1.82, 2.24) is 10.3 Å². The summed E-state index contributed by atoms with van der Waals surface area (Å²) in [5.41, 5.74) is 2.74. The molecule has 0 fully saturated rings. The van der Waals surface area contributed by atoms with E-state index in [2.05, 4.69) is 10.3 Å². The molecule has 0 aliphatic rings. The smallest absolute Gasteiger partial charge is 0.200 e. The second-order valence-corrected chi connectivity index (χ2v) is 4.35. The van der Waals surface area contributed by atoms with Crippen LogP contribution >= 0.6 is 0 Å². The van der Waals surface area contributed by atoms with E-state index in [1.54, 1.807) is 18.5 Å². The predicted molar refractivity (Wildman–Crippen MR) is 71.0 cm³/mol. The van der Waals surface area contributed by atoms with E-state index in [4.69, 9.17) is 0 Å². The van der Waals surface area contributed by atoms with Crippen molar-refractivity contribution < 1.29 is 15.3 Å². The van der Waals surface area contributed by atoms with Gasteiger partial charge in [0, 0.05) is 31.0 Å². The highest BCUT2D eigenvalue weighted by atomic mass is 16.3. The Morgan fingerprint density at radius 1 is 1.00 bits per heavy atom. The van der Waals surface area contributed by atoms with Crippen molar-refractivity contribution in [3.8, 4) is 17.2 Å². The summed E-state index contributed by atoms with van der Waals surface area (Å²) in [7, 11) is 0. The lowest BCUT2D eigenvalue weighted by atomic mass is 10.1. The Labute approximate surface area is 111 Å². The van der Waals surface area contributed by atoms with Crippen LogP contribution in [0.5, 0.6) is 17.2 Å². The molecule has 0 atom stereocenters. The summed E-state index contributed by atoms with van der Waals surface area (Å²) in [6.45, 7) is 3.00. The first kappa shape index (κ1) is 13.2. The summed E-state index contributed by atoms with van der Waals surface area (Å²) in [5.74, 6) is -1.11. The molecule has 0 bridgehead atoms. The third-order valence-corrected chi connectivity index (χ3v) is 2.99. The van der Waals surface area contributed by atoms with Gasteiger partial charge in [-0.05, 0) is 30.2 Å². The monoisotopic (exact) mass is 260 g/mol. The molecular formula is C14H16N2O3. The first-order valence-electron chi connectivity index (χ1n) is 5.92. The molecule has 0 saturated heterocycles. The van der Waals surface area contributed by atoms with Gasteiger partial charge in [0.2, 0.25) is 5.75 Å². The maximum absolute atomic E-state index is 9.67. The molecule has 0 unspecified atom stereocenters. The van der Waals surface area contributed by atoms with Crippen LogP contribution in [0.3, 0.4) is 0 Å². The zero-order valence-electron chi connectivity index (χ0n) is 10.6. The van der Waals surface area contributed by atoms with Gasteiger partial charge in [0.05, 0.1) is 0 Å². The Morgan fingerprint density at radius 2 is 1.74 bits per heavy atom. The molecule has 1 heterocycles. The molecule has 100 valence electrons. The Hall–Kier alpha value is -2.27. The highest BCUT2D eigenvalue weighted by Gasteiger charge is 2.10. The van der Waals surface area contributed by atoms with Gasteiger partial charge in [-0.25, -0.2) is 0 Å². The number of rotatable bonds is 4. The van der Waals surface area contributed by atoms with Gasteiger partial charge in [-0.2, -0.15) is 0 Å². The first-order chi connectivity index (χ1) is 9.09. The highest BCUT2D eigenvalue weighted by molar-refractivity contribution is 5.53. The Balaban J connectivity index is 2.01. The third kappa shape index (κ3) is 2.95. The summed E-state index contributed by atoms with van der Waals surface area (Å²) in [6, 6.07) is 4.84. The number of aromatic hydroxyl groups is 3. The fourth-order valence-electron chi connectivity index (χ4n) is 1.77. The molecule has 19 heavy (non-hydrogen) atoms. The highest BCUT2D eigenvalue weighted by Crippen LogP contribution is 2.36. The van der Waals surface area contributed by atoms with Crippen molar-refractivity contribution >= 4 is 0 Å². The van der Waals surface area contributed by atoms with Crippen molar-refractivity contribution in [2.75, 3.05) is 0 Å². The molecule has 0 aliphatic carbocycles. The van der Waals surface area contributed by atoms with Gasteiger partial charge in [0.25, 0.3) is 0 Å². The van der Waals surface area contributed by atoms with Crippen LogP contribution in [-0.4, -0.2) is 20.3 Å². The van der Waals surface area contributed by atoms with Crippen LogP contribution < -0.4 is 5.32 Å². The van der Waals surface area contributed by atoms with Crippen LogP contribution in [0, 0.1) is 6.92 Å². The minimum absolute atomic E-state index is 0.296. The number of nitrogens with one attached hydrogen (secondary N) is 1. The largest absolute Gasteiger partial charge is 0.504 e. The van der Waals surface area contributed by atoms with Crippen LogP contribution in [0.4, 0.5) is 0 Å². The van der Waals surface area contributed by atoms with E-state index in [0.717, 1.165) is 11.1 Å². The van der Waals surface area contributed by atoms with Gasteiger partial charge in [-0.1, -0.05) is 6.07 Å². The average molecular weight is 260 g/mol. The topological polar surface area (TPSA) is 85.6 Å². The number of pyridine rings is 1. The predicted octanol–water partition coefficient (Wildman–Crippen LogP) is 1.80. The summed E-state index contributed by atoms with van der Waals surface area (Å²) in [5, 5.41) is 31.5. The second kappa shape index (κ2) is 5.58. The zero-order chi connectivity index (χ0) is 13.8. The average Bonchev–Trinajstić information content (AvgIpc) is 2.41. The fourth-order valence-corrected chi connectivity index (χ4v) is 1.77. The summed E-state index contributed by atoms with van der Waals surface area (Å²) in [6.07, 6.45) is 3.53. The van der Waals surface area contributed by atoms with Gasteiger partial charge < -0.3 is 20.6 Å². The maximum atomic E-state index is 9.67. The van der Waals surface area contributed by atoms with Crippen molar-refractivity contribution in [3.05, 3.63) is 47.3 Å². The Bertz CT molecular complexity index is 585. The lowest BCUT2D eigenvalue weighted by Gasteiger charge is -2.10. The third-order valence-electron chi connectivity index (χ3n) is 2.99. The Morgan fingerprint density at radius 3 is 2.47 bits per heavy atom. The number of hydrogen-bond donors (Lipinski definition) is 4. The van der Waals surface area contributed by atoms with E-state index in [9.17, 15) is 15.3 Å². The van der Waals surface area contributed by atoms with Crippen molar-refractivity contribution in [3.63, 3.8) is 0 Å². The van der Waals surface area contributed by atoms with Gasteiger partial charge in [-0.3, -0.25) is 4.98 Å². The molecule has 0 radical (unpaired) electrons. The molecule has 0 saturated carbocycles. The number of aryl methyl sites for hydroxylation is 1. The number of phenolic OH excluding ortho intramolecular Hbond substituents is 3. The molecule has 2 rings (SSSR count). The van der Waals surface area contributed by atoms with Crippen LogP contribution in [-0.2, 0) is 13.1 Å². The first-order valence-corrected chi connectivity index (χ1v) is 5.92. The van der Waals surface area contributed by atoms with Gasteiger partial charge >= 0.3 is 0 Å². The van der Waals surface area contributed by atoms with Gasteiger partial charge in [-0.15, -0.1) is 0 Å². The Kier molecular flexibility index (Phi) is 3.87. The molecular weight excluding hydrogens is 244 g/mol. The lowest BCUT2D eigenvalue weighted by molar-refractivity contribution is 0.364.